The summed E-state index contributed by atoms with van der Waals surface area (Å²) in [5.74, 6) is -1.02. The second-order valence-corrected chi connectivity index (χ2v) is 5.26. The zero-order valence-electron chi connectivity index (χ0n) is 10.4. The van der Waals surface area contributed by atoms with Crippen molar-refractivity contribution < 1.29 is 19.4 Å². The molecule has 4 nitrogen and oxygen atoms in total. The fourth-order valence-electron chi connectivity index (χ4n) is 2.16. The number of rotatable bonds is 2. The highest BCUT2D eigenvalue weighted by atomic mass is 35.5. The Hall–Kier alpha value is -2.17. The lowest BCUT2D eigenvalue weighted by molar-refractivity contribution is 0.0699. The van der Waals surface area contributed by atoms with Gasteiger partial charge < -0.3 is 14.6 Å². The average Bonchev–Trinajstić information content (AvgIpc) is 2.76. The van der Waals surface area contributed by atoms with Crippen LogP contribution in [0.2, 0.25) is 10.0 Å². The molecular formula is C15H8Cl2O4. The molecule has 0 fully saturated rings. The number of carbonyl (C=O) groups is 1. The highest BCUT2D eigenvalue weighted by Gasteiger charge is 2.23. The first kappa shape index (κ1) is 13.8. The molecule has 6 heteroatoms. The van der Waals surface area contributed by atoms with Crippen LogP contribution in [-0.2, 0) is 0 Å². The second kappa shape index (κ2) is 4.98. The molecule has 1 aromatic heterocycles. The van der Waals surface area contributed by atoms with Crippen molar-refractivity contribution in [2.24, 2.45) is 0 Å². The van der Waals surface area contributed by atoms with E-state index < -0.39 is 5.97 Å². The van der Waals surface area contributed by atoms with Crippen molar-refractivity contribution in [1.29, 1.82) is 0 Å². The maximum atomic E-state index is 11.5. The predicted molar refractivity (Wildman–Crippen MR) is 80.3 cm³/mol. The van der Waals surface area contributed by atoms with Gasteiger partial charge in [0.15, 0.2) is 5.76 Å². The Morgan fingerprint density at radius 2 is 1.86 bits per heavy atom. The average molecular weight is 323 g/mol. The smallest absolute Gasteiger partial charge is 0.340 e. The van der Waals surface area contributed by atoms with E-state index in [0.717, 1.165) is 0 Å². The molecule has 2 N–H and O–H groups in total. The summed E-state index contributed by atoms with van der Waals surface area (Å²) in [6.07, 6.45) is 0. The number of halogens is 2. The standard InChI is InChI=1S/C15H8Cl2O4/c16-7-1-3-9(11(17)5-7)14-13(15(19)20)10-4-2-8(18)6-12(10)21-14/h1-6,18H,(H,19,20). The van der Waals surface area contributed by atoms with Gasteiger partial charge in [-0.1, -0.05) is 23.2 Å². The Kier molecular flexibility index (Phi) is 3.27. The largest absolute Gasteiger partial charge is 0.508 e. The van der Waals surface area contributed by atoms with E-state index >= 15 is 0 Å². The van der Waals surface area contributed by atoms with Crippen molar-refractivity contribution in [3.05, 3.63) is 52.0 Å². The van der Waals surface area contributed by atoms with Crippen LogP contribution in [0.5, 0.6) is 5.75 Å². The third-order valence-corrected chi connectivity index (χ3v) is 3.61. The lowest BCUT2D eigenvalue weighted by Crippen LogP contribution is -1.97. The summed E-state index contributed by atoms with van der Waals surface area (Å²) >= 11 is 12.0. The van der Waals surface area contributed by atoms with Gasteiger partial charge >= 0.3 is 5.97 Å². The molecule has 0 atom stereocenters. The quantitative estimate of drug-likeness (QED) is 0.710. The first-order valence-electron chi connectivity index (χ1n) is 5.91. The van der Waals surface area contributed by atoms with Crippen molar-refractivity contribution in [3.8, 4) is 17.1 Å². The highest BCUT2D eigenvalue weighted by molar-refractivity contribution is 6.36. The number of benzene rings is 2. The number of furan rings is 1. The van der Waals surface area contributed by atoms with Gasteiger partial charge in [0, 0.05) is 22.0 Å². The molecule has 0 aliphatic carbocycles. The number of phenols is 1. The van der Waals surface area contributed by atoms with Gasteiger partial charge in [-0.05, 0) is 30.3 Å². The molecule has 0 bridgehead atoms. The maximum absolute atomic E-state index is 11.5. The van der Waals surface area contributed by atoms with Gasteiger partial charge in [0.1, 0.15) is 16.9 Å². The first-order chi connectivity index (χ1) is 9.97. The van der Waals surface area contributed by atoms with E-state index in [4.69, 9.17) is 27.6 Å². The number of phenolic OH excluding ortho intramolecular Hbond substituents is 1. The molecule has 2 aromatic carbocycles. The van der Waals surface area contributed by atoms with Crippen molar-refractivity contribution in [2.75, 3.05) is 0 Å². The molecule has 0 aliphatic heterocycles. The normalized spacial score (nSPS) is 11.0. The molecule has 0 radical (unpaired) electrons. The minimum absolute atomic E-state index is 0.00535. The van der Waals surface area contributed by atoms with Gasteiger partial charge in [-0.15, -0.1) is 0 Å². The van der Waals surface area contributed by atoms with Gasteiger partial charge in [-0.2, -0.15) is 0 Å². The number of hydrogen-bond donors (Lipinski definition) is 2. The summed E-state index contributed by atoms with van der Waals surface area (Å²) in [5.41, 5.74) is 0.691. The van der Waals surface area contributed by atoms with E-state index in [1.54, 1.807) is 12.1 Å². The third-order valence-electron chi connectivity index (χ3n) is 3.06. The van der Waals surface area contributed by atoms with Crippen LogP contribution >= 0.6 is 23.2 Å². The van der Waals surface area contributed by atoms with Gasteiger partial charge in [-0.3, -0.25) is 0 Å². The summed E-state index contributed by atoms with van der Waals surface area (Å²) in [6, 6.07) is 8.94. The summed E-state index contributed by atoms with van der Waals surface area (Å²) < 4.78 is 5.58. The lowest BCUT2D eigenvalue weighted by Gasteiger charge is -2.02. The van der Waals surface area contributed by atoms with E-state index in [1.165, 1.54) is 24.3 Å². The van der Waals surface area contributed by atoms with E-state index in [-0.39, 0.29) is 27.7 Å². The minimum atomic E-state index is -1.14. The first-order valence-corrected chi connectivity index (χ1v) is 6.67. The second-order valence-electron chi connectivity index (χ2n) is 4.42. The van der Waals surface area contributed by atoms with Crippen molar-refractivity contribution >= 4 is 40.1 Å². The number of aromatic hydroxyl groups is 1. The van der Waals surface area contributed by atoms with Crippen LogP contribution in [0.4, 0.5) is 0 Å². The number of fused-ring (bicyclic) bond motifs is 1. The fraction of sp³-hybridized carbons (Fsp3) is 0. The van der Waals surface area contributed by atoms with Crippen molar-refractivity contribution in [3.63, 3.8) is 0 Å². The number of carboxylic acid groups (broad SMARTS) is 1. The fourth-order valence-corrected chi connectivity index (χ4v) is 2.66. The minimum Gasteiger partial charge on any atom is -0.508 e. The van der Waals surface area contributed by atoms with E-state index in [1.807, 2.05) is 0 Å². The van der Waals surface area contributed by atoms with Crippen LogP contribution in [0.1, 0.15) is 10.4 Å². The molecule has 3 rings (SSSR count). The summed E-state index contributed by atoms with van der Waals surface area (Å²) in [7, 11) is 0. The SMILES string of the molecule is O=C(O)c1c(-c2ccc(Cl)cc2Cl)oc2cc(O)ccc12. The van der Waals surface area contributed by atoms with E-state index in [2.05, 4.69) is 0 Å². The Labute approximate surface area is 129 Å². The molecule has 0 amide bonds. The molecule has 0 unspecified atom stereocenters. The van der Waals surface area contributed by atoms with Crippen LogP contribution in [0, 0.1) is 0 Å². The van der Waals surface area contributed by atoms with Crippen molar-refractivity contribution in [2.45, 2.75) is 0 Å². The van der Waals surface area contributed by atoms with Gasteiger partial charge in [0.25, 0.3) is 0 Å². The maximum Gasteiger partial charge on any atom is 0.340 e. The number of aromatic carboxylic acids is 1. The molecule has 0 aliphatic rings. The molecule has 106 valence electrons. The predicted octanol–water partition coefficient (Wildman–Crippen LogP) is 4.81. The Morgan fingerprint density at radius 1 is 1.10 bits per heavy atom. The Balaban J connectivity index is 2.36. The zero-order valence-corrected chi connectivity index (χ0v) is 11.9. The van der Waals surface area contributed by atoms with Crippen molar-refractivity contribution in [1.82, 2.24) is 0 Å². The van der Waals surface area contributed by atoms with Gasteiger partial charge in [0.05, 0.1) is 5.02 Å². The summed E-state index contributed by atoms with van der Waals surface area (Å²) in [4.78, 5) is 11.5. The van der Waals surface area contributed by atoms with E-state index in [0.29, 0.717) is 16.0 Å². The summed E-state index contributed by atoms with van der Waals surface area (Å²) in [6.45, 7) is 0. The lowest BCUT2D eigenvalue weighted by atomic mass is 10.1. The molecular weight excluding hydrogens is 315 g/mol. The molecule has 21 heavy (non-hydrogen) atoms. The summed E-state index contributed by atoms with van der Waals surface area (Å²) in [5, 5.41) is 20.0. The molecule has 3 aromatic rings. The van der Waals surface area contributed by atoms with Crippen LogP contribution in [0.25, 0.3) is 22.3 Å². The molecule has 0 saturated heterocycles. The zero-order chi connectivity index (χ0) is 15.1. The molecule has 0 spiro atoms. The van der Waals surface area contributed by atoms with Gasteiger partial charge in [-0.25, -0.2) is 4.79 Å². The van der Waals surface area contributed by atoms with E-state index in [9.17, 15) is 15.0 Å². The Bertz CT molecular complexity index is 867. The monoisotopic (exact) mass is 322 g/mol. The molecule has 0 saturated carbocycles. The Morgan fingerprint density at radius 3 is 2.52 bits per heavy atom. The van der Waals surface area contributed by atoms with Crippen LogP contribution in [-0.4, -0.2) is 16.2 Å². The number of carboxylic acids is 1. The van der Waals surface area contributed by atoms with Crippen LogP contribution in [0.15, 0.2) is 40.8 Å². The van der Waals surface area contributed by atoms with Crippen LogP contribution in [0.3, 0.4) is 0 Å². The topological polar surface area (TPSA) is 70.7 Å². The van der Waals surface area contributed by atoms with Gasteiger partial charge in [0.2, 0.25) is 0 Å². The third kappa shape index (κ3) is 2.33. The number of hydrogen-bond acceptors (Lipinski definition) is 3. The van der Waals surface area contributed by atoms with Crippen LogP contribution < -0.4 is 0 Å². The molecule has 1 heterocycles. The highest BCUT2D eigenvalue weighted by Crippen LogP contribution is 2.38.